The largest absolute Gasteiger partial charge is 0.303 e. The van der Waals surface area contributed by atoms with E-state index in [2.05, 4.69) is 0 Å². The summed E-state index contributed by atoms with van der Waals surface area (Å²) in [5, 5.41) is 10.7. The van der Waals surface area contributed by atoms with Gasteiger partial charge < -0.3 is 4.79 Å². The fraction of sp³-hybridized carbons (Fsp3) is 0.300. The zero-order chi connectivity index (χ0) is 10.6. The average molecular weight is 193 g/mol. The van der Waals surface area contributed by atoms with Crippen LogP contribution < -0.4 is 0 Å². The number of carbonyl (C=O) groups is 1. The second kappa shape index (κ2) is 4.50. The van der Waals surface area contributed by atoms with Crippen molar-refractivity contribution in [2.75, 3.05) is 0 Å². The minimum Gasteiger partial charge on any atom is -0.303 e. The summed E-state index contributed by atoms with van der Waals surface area (Å²) in [7, 11) is 0. The van der Waals surface area contributed by atoms with Gasteiger partial charge in [0.25, 0.3) is 5.69 Å². The second-order valence-corrected chi connectivity index (χ2v) is 2.94. The predicted octanol–water partition coefficient (Wildman–Crippen LogP) is 1.90. The van der Waals surface area contributed by atoms with Gasteiger partial charge in [-0.25, -0.2) is 0 Å². The lowest BCUT2D eigenvalue weighted by atomic mass is 10.1. The fourth-order valence-electron chi connectivity index (χ4n) is 1.26. The van der Waals surface area contributed by atoms with Gasteiger partial charge in [0.1, 0.15) is 6.29 Å². The molecule has 4 nitrogen and oxygen atoms in total. The molecule has 1 aromatic rings. The lowest BCUT2D eigenvalue weighted by Crippen LogP contribution is -1.97. The van der Waals surface area contributed by atoms with Gasteiger partial charge in [0.2, 0.25) is 0 Å². The molecule has 74 valence electrons. The van der Waals surface area contributed by atoms with Crippen LogP contribution in [0.25, 0.3) is 0 Å². The van der Waals surface area contributed by atoms with Crippen molar-refractivity contribution in [3.05, 3.63) is 39.4 Å². The summed E-state index contributed by atoms with van der Waals surface area (Å²) >= 11 is 0. The summed E-state index contributed by atoms with van der Waals surface area (Å²) in [4.78, 5) is 20.5. The molecule has 14 heavy (non-hydrogen) atoms. The van der Waals surface area contributed by atoms with E-state index in [1.54, 1.807) is 6.07 Å². The van der Waals surface area contributed by atoms with Crippen LogP contribution in [0.2, 0.25) is 0 Å². The van der Waals surface area contributed by atoms with E-state index in [9.17, 15) is 14.9 Å². The number of nitro groups is 1. The van der Waals surface area contributed by atoms with Crippen molar-refractivity contribution >= 4 is 12.0 Å². The SMILES string of the molecule is CCc1ccc(CC=O)c([N+](=O)[O-])c1. The van der Waals surface area contributed by atoms with Gasteiger partial charge in [0.15, 0.2) is 0 Å². The summed E-state index contributed by atoms with van der Waals surface area (Å²) in [6.07, 6.45) is 1.52. The first-order chi connectivity index (χ1) is 6.69. The molecule has 0 aliphatic carbocycles. The highest BCUT2D eigenvalue weighted by Crippen LogP contribution is 2.20. The van der Waals surface area contributed by atoms with Crippen LogP contribution in [0.15, 0.2) is 18.2 Å². The number of benzene rings is 1. The Morgan fingerprint density at radius 1 is 1.50 bits per heavy atom. The zero-order valence-electron chi connectivity index (χ0n) is 7.90. The van der Waals surface area contributed by atoms with Gasteiger partial charge >= 0.3 is 0 Å². The number of carbonyl (C=O) groups excluding carboxylic acids is 1. The van der Waals surface area contributed by atoms with Crippen molar-refractivity contribution < 1.29 is 9.72 Å². The Labute approximate surface area is 81.7 Å². The highest BCUT2D eigenvalue weighted by Gasteiger charge is 2.13. The van der Waals surface area contributed by atoms with Crippen LogP contribution in [-0.2, 0) is 17.6 Å². The monoisotopic (exact) mass is 193 g/mol. The van der Waals surface area contributed by atoms with E-state index in [0.29, 0.717) is 11.8 Å². The van der Waals surface area contributed by atoms with E-state index in [4.69, 9.17) is 0 Å². The Morgan fingerprint density at radius 2 is 2.21 bits per heavy atom. The minimum absolute atomic E-state index is 0.0384. The Bertz CT molecular complexity index is 360. The van der Waals surface area contributed by atoms with E-state index in [-0.39, 0.29) is 12.1 Å². The maximum atomic E-state index is 10.7. The van der Waals surface area contributed by atoms with Crippen molar-refractivity contribution in [3.63, 3.8) is 0 Å². The van der Waals surface area contributed by atoms with Crippen molar-refractivity contribution in [3.8, 4) is 0 Å². The predicted molar refractivity (Wildman–Crippen MR) is 52.2 cm³/mol. The molecule has 1 rings (SSSR count). The van der Waals surface area contributed by atoms with Crippen LogP contribution in [0.3, 0.4) is 0 Å². The average Bonchev–Trinajstić information content (AvgIpc) is 2.18. The molecule has 0 radical (unpaired) electrons. The number of rotatable bonds is 4. The molecule has 0 atom stereocenters. The molecule has 1 aromatic carbocycles. The van der Waals surface area contributed by atoms with E-state index >= 15 is 0 Å². The van der Waals surface area contributed by atoms with E-state index in [1.807, 2.05) is 13.0 Å². The first kappa shape index (κ1) is 10.4. The molecule has 0 aromatic heterocycles. The van der Waals surface area contributed by atoms with E-state index in [0.717, 1.165) is 12.0 Å². The molecule has 0 bridgehead atoms. The summed E-state index contributed by atoms with van der Waals surface area (Å²) in [6, 6.07) is 4.98. The molecule has 0 fully saturated rings. The van der Waals surface area contributed by atoms with Gasteiger partial charge in [-0.1, -0.05) is 19.1 Å². The Balaban J connectivity index is 3.16. The maximum Gasteiger partial charge on any atom is 0.273 e. The topological polar surface area (TPSA) is 60.2 Å². The van der Waals surface area contributed by atoms with Crippen LogP contribution in [0, 0.1) is 10.1 Å². The number of nitro benzene ring substituents is 1. The third-order valence-corrected chi connectivity index (χ3v) is 2.06. The minimum atomic E-state index is -0.446. The molecule has 0 amide bonds. The smallest absolute Gasteiger partial charge is 0.273 e. The first-order valence-corrected chi connectivity index (χ1v) is 4.38. The molecule has 0 aliphatic rings. The Kier molecular flexibility index (Phi) is 3.34. The van der Waals surface area contributed by atoms with Crippen molar-refractivity contribution in [1.29, 1.82) is 0 Å². The van der Waals surface area contributed by atoms with E-state index < -0.39 is 4.92 Å². The van der Waals surface area contributed by atoms with Gasteiger partial charge in [-0.2, -0.15) is 0 Å². The van der Waals surface area contributed by atoms with Gasteiger partial charge in [0, 0.05) is 18.1 Å². The number of hydrogen-bond acceptors (Lipinski definition) is 3. The van der Waals surface area contributed by atoms with E-state index in [1.165, 1.54) is 6.07 Å². The molecule has 0 aliphatic heterocycles. The first-order valence-electron chi connectivity index (χ1n) is 4.38. The summed E-state index contributed by atoms with van der Waals surface area (Å²) < 4.78 is 0. The zero-order valence-corrected chi connectivity index (χ0v) is 7.90. The van der Waals surface area contributed by atoms with Crippen LogP contribution in [0.5, 0.6) is 0 Å². The molecule has 0 saturated carbocycles. The normalized spacial score (nSPS) is 9.79. The summed E-state index contributed by atoms with van der Waals surface area (Å²) in [5.74, 6) is 0. The molecular formula is C10H11NO3. The maximum absolute atomic E-state index is 10.7. The lowest BCUT2D eigenvalue weighted by Gasteiger charge is -2.01. The molecule has 0 saturated heterocycles. The van der Waals surface area contributed by atoms with Crippen LogP contribution in [-0.4, -0.2) is 11.2 Å². The van der Waals surface area contributed by atoms with Crippen LogP contribution in [0.1, 0.15) is 18.1 Å². The highest BCUT2D eigenvalue weighted by atomic mass is 16.6. The lowest BCUT2D eigenvalue weighted by molar-refractivity contribution is -0.385. The molecule has 0 heterocycles. The van der Waals surface area contributed by atoms with Gasteiger partial charge in [0.05, 0.1) is 4.92 Å². The van der Waals surface area contributed by atoms with Crippen molar-refractivity contribution in [1.82, 2.24) is 0 Å². The third-order valence-electron chi connectivity index (χ3n) is 2.06. The molecule has 4 heteroatoms. The van der Waals surface area contributed by atoms with Crippen molar-refractivity contribution in [2.24, 2.45) is 0 Å². The summed E-state index contributed by atoms with van der Waals surface area (Å²) in [5.41, 5.74) is 1.42. The van der Waals surface area contributed by atoms with Gasteiger partial charge in [-0.3, -0.25) is 10.1 Å². The standard InChI is InChI=1S/C10H11NO3/c1-2-8-3-4-9(5-6-12)10(7-8)11(13)14/h3-4,6-7H,2,5H2,1H3. The number of nitrogens with zero attached hydrogens (tertiary/aromatic N) is 1. The van der Waals surface area contributed by atoms with Crippen LogP contribution >= 0.6 is 0 Å². The quantitative estimate of drug-likeness (QED) is 0.417. The molecule has 0 spiro atoms. The van der Waals surface area contributed by atoms with Crippen molar-refractivity contribution in [2.45, 2.75) is 19.8 Å². The molecular weight excluding hydrogens is 182 g/mol. The number of hydrogen-bond donors (Lipinski definition) is 0. The van der Waals surface area contributed by atoms with Crippen LogP contribution in [0.4, 0.5) is 5.69 Å². The molecule has 0 unspecified atom stereocenters. The van der Waals surface area contributed by atoms with Gasteiger partial charge in [-0.05, 0) is 12.0 Å². The van der Waals surface area contributed by atoms with Gasteiger partial charge in [-0.15, -0.1) is 0 Å². The molecule has 0 N–H and O–H groups in total. The summed E-state index contributed by atoms with van der Waals surface area (Å²) in [6.45, 7) is 1.93. The Morgan fingerprint density at radius 3 is 2.71 bits per heavy atom. The second-order valence-electron chi connectivity index (χ2n) is 2.94. The number of aryl methyl sites for hydroxylation is 1. The highest BCUT2D eigenvalue weighted by molar-refractivity contribution is 5.59. The fourth-order valence-corrected chi connectivity index (χ4v) is 1.26. The number of aldehydes is 1. The Hall–Kier alpha value is -1.71. The third kappa shape index (κ3) is 2.16.